The van der Waals surface area contributed by atoms with Crippen molar-refractivity contribution in [3.05, 3.63) is 66.4 Å². The standard InChI is InChI=1S/C23H23N5O/c1-16-6-4-7-17(14-16)19-10-11-20-22(25-19)28(18-8-5-13-27(20)15-18)23(29)26-21-9-2-3-12-24-21/h2-4,6-7,9-12,14,18H,5,8,13,15H2,1H3,(H,24,26,29)/t18-/m1/s1. The number of nitrogens with zero attached hydrogens (tertiary/aromatic N) is 4. The van der Waals surface area contributed by atoms with Gasteiger partial charge in [-0.15, -0.1) is 0 Å². The number of anilines is 3. The smallest absolute Gasteiger partial charge is 0.329 e. The van der Waals surface area contributed by atoms with E-state index in [4.69, 9.17) is 4.98 Å². The van der Waals surface area contributed by atoms with Crippen molar-refractivity contribution in [3.63, 3.8) is 0 Å². The van der Waals surface area contributed by atoms with Gasteiger partial charge in [-0.3, -0.25) is 10.2 Å². The second-order valence-electron chi connectivity index (χ2n) is 7.67. The number of benzene rings is 1. The number of hydrogen-bond donors (Lipinski definition) is 1. The minimum absolute atomic E-state index is 0.111. The molecule has 0 radical (unpaired) electrons. The number of fused-ring (bicyclic) bond motifs is 4. The lowest BCUT2D eigenvalue weighted by Gasteiger charge is -2.45. The molecule has 5 rings (SSSR count). The summed E-state index contributed by atoms with van der Waals surface area (Å²) in [7, 11) is 0. The molecule has 1 atom stereocenters. The molecule has 2 amide bonds. The highest BCUT2D eigenvalue weighted by Crippen LogP contribution is 2.39. The van der Waals surface area contributed by atoms with Crippen LogP contribution in [0.1, 0.15) is 18.4 Å². The molecule has 2 aliphatic rings. The molecule has 4 heterocycles. The van der Waals surface area contributed by atoms with E-state index < -0.39 is 0 Å². The number of carbonyl (C=O) groups excluding carboxylic acids is 1. The Morgan fingerprint density at radius 3 is 2.90 bits per heavy atom. The van der Waals surface area contributed by atoms with Crippen molar-refractivity contribution in [2.45, 2.75) is 25.8 Å². The topological polar surface area (TPSA) is 61.4 Å². The molecule has 2 aromatic heterocycles. The van der Waals surface area contributed by atoms with Crippen LogP contribution in [0.15, 0.2) is 60.8 Å². The fraction of sp³-hybridized carbons (Fsp3) is 0.261. The zero-order valence-corrected chi connectivity index (χ0v) is 16.4. The summed E-state index contributed by atoms with van der Waals surface area (Å²) in [5.41, 5.74) is 4.15. The van der Waals surface area contributed by atoms with Gasteiger partial charge in [0.15, 0.2) is 5.82 Å². The van der Waals surface area contributed by atoms with Gasteiger partial charge >= 0.3 is 6.03 Å². The van der Waals surface area contributed by atoms with E-state index in [2.05, 4.69) is 52.5 Å². The summed E-state index contributed by atoms with van der Waals surface area (Å²) in [5, 5.41) is 2.94. The van der Waals surface area contributed by atoms with Crippen LogP contribution in [0.25, 0.3) is 11.3 Å². The van der Waals surface area contributed by atoms with Gasteiger partial charge in [0, 0.05) is 24.8 Å². The maximum atomic E-state index is 13.2. The van der Waals surface area contributed by atoms with E-state index in [0.29, 0.717) is 5.82 Å². The van der Waals surface area contributed by atoms with Crippen LogP contribution in [-0.4, -0.2) is 35.1 Å². The molecule has 3 aromatic rings. The number of piperidine rings is 1. The number of pyridine rings is 2. The third-order valence-electron chi connectivity index (χ3n) is 5.62. The summed E-state index contributed by atoms with van der Waals surface area (Å²) in [4.78, 5) is 26.6. The highest BCUT2D eigenvalue weighted by atomic mass is 16.2. The van der Waals surface area contributed by atoms with Gasteiger partial charge in [0.25, 0.3) is 0 Å². The largest absolute Gasteiger partial charge is 0.366 e. The predicted octanol–water partition coefficient (Wildman–Crippen LogP) is 4.47. The van der Waals surface area contributed by atoms with Crippen molar-refractivity contribution in [2.75, 3.05) is 28.2 Å². The van der Waals surface area contributed by atoms with Gasteiger partial charge in [0.1, 0.15) is 5.82 Å². The van der Waals surface area contributed by atoms with Crippen molar-refractivity contribution in [2.24, 2.45) is 0 Å². The Labute approximate surface area is 170 Å². The second-order valence-corrected chi connectivity index (χ2v) is 7.67. The molecule has 0 saturated carbocycles. The van der Waals surface area contributed by atoms with E-state index in [0.717, 1.165) is 48.7 Å². The van der Waals surface area contributed by atoms with Crippen molar-refractivity contribution in [3.8, 4) is 11.3 Å². The summed E-state index contributed by atoms with van der Waals surface area (Å²) in [6.07, 6.45) is 3.72. The average Bonchev–Trinajstić information content (AvgIpc) is 2.74. The first-order valence-corrected chi connectivity index (χ1v) is 10.0. The Hall–Kier alpha value is -3.41. The van der Waals surface area contributed by atoms with Gasteiger partial charge in [-0.25, -0.2) is 14.8 Å². The Morgan fingerprint density at radius 2 is 2.07 bits per heavy atom. The summed E-state index contributed by atoms with van der Waals surface area (Å²) in [5.74, 6) is 1.28. The van der Waals surface area contributed by atoms with E-state index in [1.54, 1.807) is 12.3 Å². The van der Waals surface area contributed by atoms with Gasteiger partial charge < -0.3 is 4.90 Å². The zero-order chi connectivity index (χ0) is 19.8. The molecule has 0 unspecified atom stereocenters. The fourth-order valence-corrected chi connectivity index (χ4v) is 4.26. The molecule has 2 aliphatic heterocycles. The van der Waals surface area contributed by atoms with Gasteiger partial charge in [-0.2, -0.15) is 0 Å². The normalized spacial score (nSPS) is 17.6. The monoisotopic (exact) mass is 385 g/mol. The maximum absolute atomic E-state index is 13.2. The summed E-state index contributed by atoms with van der Waals surface area (Å²) < 4.78 is 0. The minimum atomic E-state index is -0.176. The predicted molar refractivity (Wildman–Crippen MR) is 115 cm³/mol. The molecule has 6 heteroatoms. The van der Waals surface area contributed by atoms with E-state index >= 15 is 0 Å². The Bertz CT molecular complexity index is 1050. The van der Waals surface area contributed by atoms with E-state index in [9.17, 15) is 4.79 Å². The Morgan fingerprint density at radius 1 is 1.14 bits per heavy atom. The number of hydrogen-bond acceptors (Lipinski definition) is 4. The van der Waals surface area contributed by atoms with Crippen LogP contribution >= 0.6 is 0 Å². The van der Waals surface area contributed by atoms with Gasteiger partial charge in [0.05, 0.1) is 17.4 Å². The van der Waals surface area contributed by atoms with Crippen LogP contribution in [0.2, 0.25) is 0 Å². The van der Waals surface area contributed by atoms with E-state index in [-0.39, 0.29) is 12.1 Å². The molecule has 6 nitrogen and oxygen atoms in total. The number of rotatable bonds is 2. The lowest BCUT2D eigenvalue weighted by molar-refractivity contribution is 0.252. The third-order valence-corrected chi connectivity index (χ3v) is 5.62. The molecular weight excluding hydrogens is 362 g/mol. The van der Waals surface area contributed by atoms with Crippen LogP contribution in [-0.2, 0) is 0 Å². The molecule has 1 N–H and O–H groups in total. The average molecular weight is 385 g/mol. The molecule has 2 bridgehead atoms. The number of urea groups is 1. The summed E-state index contributed by atoms with van der Waals surface area (Å²) >= 11 is 0. The molecular formula is C23H23N5O. The Balaban J connectivity index is 1.56. The molecule has 1 aromatic carbocycles. The molecule has 1 saturated heterocycles. The van der Waals surface area contributed by atoms with Gasteiger partial charge in [-0.05, 0) is 50.1 Å². The minimum Gasteiger partial charge on any atom is -0.366 e. The number of amides is 2. The zero-order valence-electron chi connectivity index (χ0n) is 16.4. The molecule has 29 heavy (non-hydrogen) atoms. The number of aromatic nitrogens is 2. The second kappa shape index (κ2) is 7.20. The number of nitrogens with one attached hydrogen (secondary N) is 1. The number of carbonyl (C=O) groups is 1. The highest BCUT2D eigenvalue weighted by Gasteiger charge is 2.38. The number of aryl methyl sites for hydroxylation is 1. The third kappa shape index (κ3) is 3.31. The fourth-order valence-electron chi connectivity index (χ4n) is 4.26. The molecule has 146 valence electrons. The highest BCUT2D eigenvalue weighted by molar-refractivity contribution is 6.04. The summed E-state index contributed by atoms with van der Waals surface area (Å²) in [6, 6.07) is 17.9. The Kier molecular flexibility index (Phi) is 4.39. The summed E-state index contributed by atoms with van der Waals surface area (Å²) in [6.45, 7) is 3.92. The van der Waals surface area contributed by atoms with Gasteiger partial charge in [-0.1, -0.05) is 29.8 Å². The van der Waals surface area contributed by atoms with Gasteiger partial charge in [0.2, 0.25) is 0 Å². The first-order valence-electron chi connectivity index (χ1n) is 10.0. The quantitative estimate of drug-likeness (QED) is 0.707. The van der Waals surface area contributed by atoms with Crippen LogP contribution in [0.4, 0.5) is 22.1 Å². The van der Waals surface area contributed by atoms with Crippen LogP contribution in [0.5, 0.6) is 0 Å². The first-order chi connectivity index (χ1) is 14.2. The molecule has 1 fully saturated rings. The van der Waals surface area contributed by atoms with Crippen LogP contribution < -0.4 is 15.1 Å². The van der Waals surface area contributed by atoms with Crippen LogP contribution in [0.3, 0.4) is 0 Å². The lowest BCUT2D eigenvalue weighted by atomic mass is 9.99. The first kappa shape index (κ1) is 17.7. The van der Waals surface area contributed by atoms with Crippen molar-refractivity contribution >= 4 is 23.4 Å². The van der Waals surface area contributed by atoms with Crippen molar-refractivity contribution in [1.82, 2.24) is 9.97 Å². The van der Waals surface area contributed by atoms with Crippen molar-refractivity contribution < 1.29 is 4.79 Å². The maximum Gasteiger partial charge on any atom is 0.329 e. The SMILES string of the molecule is Cc1cccc(-c2ccc3c(n2)N(C(=O)Nc2ccccn2)[C@@H]2CCCN3C2)c1. The molecule has 0 spiro atoms. The van der Waals surface area contributed by atoms with Crippen LogP contribution in [0, 0.1) is 6.92 Å². The lowest BCUT2D eigenvalue weighted by Crippen LogP contribution is -2.56. The van der Waals surface area contributed by atoms with E-state index in [1.807, 2.05) is 23.1 Å². The van der Waals surface area contributed by atoms with E-state index in [1.165, 1.54) is 5.56 Å². The molecule has 0 aliphatic carbocycles. The van der Waals surface area contributed by atoms with Crippen molar-refractivity contribution in [1.29, 1.82) is 0 Å².